The topological polar surface area (TPSA) is 43.7 Å². The van der Waals surface area contributed by atoms with Gasteiger partial charge in [-0.2, -0.15) is 0 Å². The van der Waals surface area contributed by atoms with Gasteiger partial charge in [0.1, 0.15) is 0 Å². The summed E-state index contributed by atoms with van der Waals surface area (Å²) >= 11 is 0. The van der Waals surface area contributed by atoms with Gasteiger partial charge in [0.05, 0.1) is 12.7 Å². The fourth-order valence-electron chi connectivity index (χ4n) is 3.60. The molecule has 2 rings (SSSR count). The molecule has 1 aromatic rings. The number of aliphatic hydroxyl groups is 2. The quantitative estimate of drug-likeness (QED) is 0.876. The summed E-state index contributed by atoms with van der Waals surface area (Å²) in [4.78, 5) is 2.32. The minimum absolute atomic E-state index is 0.0965. The summed E-state index contributed by atoms with van der Waals surface area (Å²) in [5.41, 5.74) is 3.72. The second kappa shape index (κ2) is 6.91. The van der Waals surface area contributed by atoms with Crippen molar-refractivity contribution < 1.29 is 10.2 Å². The third kappa shape index (κ3) is 3.47. The third-order valence-electron chi connectivity index (χ3n) is 5.15. The van der Waals surface area contributed by atoms with Crippen molar-refractivity contribution >= 4 is 0 Å². The maximum Gasteiger partial charge on any atom is 0.0745 e. The minimum Gasteiger partial charge on any atom is -0.396 e. The molecule has 3 nitrogen and oxygen atoms in total. The highest BCUT2D eigenvalue weighted by molar-refractivity contribution is 5.33. The van der Waals surface area contributed by atoms with Crippen LogP contribution in [0.3, 0.4) is 0 Å². The zero-order chi connectivity index (χ0) is 15.5. The number of likely N-dealkylation sites (tertiary alicyclic amines) is 1. The maximum absolute atomic E-state index is 10.5. The van der Waals surface area contributed by atoms with Crippen LogP contribution in [0.5, 0.6) is 0 Å². The Morgan fingerprint density at radius 3 is 2.48 bits per heavy atom. The van der Waals surface area contributed by atoms with E-state index in [2.05, 4.69) is 43.9 Å². The van der Waals surface area contributed by atoms with Crippen molar-refractivity contribution in [3.05, 3.63) is 34.9 Å². The van der Waals surface area contributed by atoms with Gasteiger partial charge in [-0.05, 0) is 49.9 Å². The number of hydrogen-bond donors (Lipinski definition) is 2. The smallest absolute Gasteiger partial charge is 0.0745 e. The monoisotopic (exact) mass is 291 g/mol. The number of aryl methyl sites for hydroxylation is 2. The van der Waals surface area contributed by atoms with Gasteiger partial charge in [-0.15, -0.1) is 0 Å². The number of hydrogen-bond acceptors (Lipinski definition) is 3. The number of rotatable bonds is 5. The molecule has 0 saturated carbocycles. The molecular weight excluding hydrogens is 262 g/mol. The molecule has 3 heteroatoms. The molecule has 0 amide bonds. The van der Waals surface area contributed by atoms with Crippen LogP contribution >= 0.6 is 0 Å². The molecule has 21 heavy (non-hydrogen) atoms. The largest absolute Gasteiger partial charge is 0.396 e. The molecule has 1 aliphatic rings. The van der Waals surface area contributed by atoms with Crippen molar-refractivity contribution in [1.29, 1.82) is 0 Å². The number of nitrogens with zero attached hydrogens (tertiary/aromatic N) is 1. The Labute approximate surface area is 128 Å². The number of piperidine rings is 1. The third-order valence-corrected chi connectivity index (χ3v) is 5.15. The summed E-state index contributed by atoms with van der Waals surface area (Å²) in [5, 5.41) is 20.3. The lowest BCUT2D eigenvalue weighted by molar-refractivity contribution is -0.0803. The first-order valence-electron chi connectivity index (χ1n) is 8.09. The Kier molecular flexibility index (Phi) is 5.42. The first kappa shape index (κ1) is 16.5. The summed E-state index contributed by atoms with van der Waals surface area (Å²) in [7, 11) is 0. The first-order valence-corrected chi connectivity index (χ1v) is 8.09. The average molecular weight is 291 g/mol. The van der Waals surface area contributed by atoms with E-state index < -0.39 is 6.10 Å². The Hall–Kier alpha value is -0.900. The summed E-state index contributed by atoms with van der Waals surface area (Å²) in [6.07, 6.45) is 2.36. The number of aliphatic hydroxyl groups excluding tert-OH is 2. The van der Waals surface area contributed by atoms with Crippen LogP contribution in [0.15, 0.2) is 18.2 Å². The van der Waals surface area contributed by atoms with E-state index in [0.717, 1.165) is 32.4 Å². The lowest BCUT2D eigenvalue weighted by Gasteiger charge is -2.45. The fourth-order valence-corrected chi connectivity index (χ4v) is 3.60. The van der Waals surface area contributed by atoms with Crippen molar-refractivity contribution in [1.82, 2.24) is 4.90 Å². The summed E-state index contributed by atoms with van der Waals surface area (Å²) in [6.45, 7) is 9.02. The van der Waals surface area contributed by atoms with E-state index in [-0.39, 0.29) is 12.0 Å². The standard InChI is InChI=1S/C18H29NO2/c1-4-8-18(13-20)9-10-19(12-17(18)21)11-16-14(2)6-5-7-15(16)3/h5-7,17,20-21H,4,8-13H2,1-3H3/t17-,18-/m1/s1. The maximum atomic E-state index is 10.5. The molecular formula is C18H29NO2. The van der Waals surface area contributed by atoms with Gasteiger partial charge in [0, 0.05) is 18.5 Å². The van der Waals surface area contributed by atoms with Crippen LogP contribution in [-0.2, 0) is 6.54 Å². The molecule has 0 aromatic heterocycles. The summed E-state index contributed by atoms with van der Waals surface area (Å²) in [6, 6.07) is 6.40. The van der Waals surface area contributed by atoms with Crippen molar-refractivity contribution in [3.8, 4) is 0 Å². The van der Waals surface area contributed by atoms with Crippen molar-refractivity contribution in [2.45, 2.75) is 52.7 Å². The van der Waals surface area contributed by atoms with E-state index in [1.54, 1.807) is 0 Å². The zero-order valence-corrected chi connectivity index (χ0v) is 13.6. The normalized spacial score (nSPS) is 27.0. The van der Waals surface area contributed by atoms with Crippen LogP contribution in [0.25, 0.3) is 0 Å². The van der Waals surface area contributed by atoms with Gasteiger partial charge >= 0.3 is 0 Å². The van der Waals surface area contributed by atoms with Gasteiger partial charge in [0.2, 0.25) is 0 Å². The van der Waals surface area contributed by atoms with Gasteiger partial charge in [-0.3, -0.25) is 4.90 Å². The van der Waals surface area contributed by atoms with E-state index in [4.69, 9.17) is 0 Å². The van der Waals surface area contributed by atoms with Crippen LogP contribution in [-0.4, -0.2) is 40.9 Å². The van der Waals surface area contributed by atoms with Gasteiger partial charge in [0.15, 0.2) is 0 Å². The molecule has 1 fully saturated rings. The Morgan fingerprint density at radius 2 is 1.95 bits per heavy atom. The Bertz CT molecular complexity index is 454. The molecule has 0 unspecified atom stereocenters. The van der Waals surface area contributed by atoms with Crippen LogP contribution in [0.4, 0.5) is 0 Å². The predicted molar refractivity (Wildman–Crippen MR) is 86.2 cm³/mol. The van der Waals surface area contributed by atoms with Crippen molar-refractivity contribution in [2.75, 3.05) is 19.7 Å². The highest BCUT2D eigenvalue weighted by Crippen LogP contribution is 2.36. The molecule has 1 aliphatic heterocycles. The molecule has 118 valence electrons. The SMILES string of the molecule is CCC[C@]1(CO)CCN(Cc2c(C)cccc2C)C[C@H]1O. The van der Waals surface area contributed by atoms with Crippen LogP contribution < -0.4 is 0 Å². The lowest BCUT2D eigenvalue weighted by Crippen LogP contribution is -2.52. The van der Waals surface area contributed by atoms with Gasteiger partial charge < -0.3 is 10.2 Å². The van der Waals surface area contributed by atoms with E-state index in [0.29, 0.717) is 6.54 Å². The molecule has 1 heterocycles. The molecule has 1 saturated heterocycles. The second-order valence-corrected chi connectivity index (χ2v) is 6.64. The fraction of sp³-hybridized carbons (Fsp3) is 0.667. The molecule has 0 aliphatic carbocycles. The van der Waals surface area contributed by atoms with Crippen LogP contribution in [0, 0.1) is 19.3 Å². The van der Waals surface area contributed by atoms with Gasteiger partial charge in [-0.1, -0.05) is 31.5 Å². The molecule has 2 N–H and O–H groups in total. The van der Waals surface area contributed by atoms with Gasteiger partial charge in [0.25, 0.3) is 0 Å². The average Bonchev–Trinajstić information content (AvgIpc) is 2.46. The van der Waals surface area contributed by atoms with Crippen LogP contribution in [0.1, 0.15) is 42.9 Å². The van der Waals surface area contributed by atoms with E-state index in [1.165, 1.54) is 16.7 Å². The molecule has 0 spiro atoms. The first-order chi connectivity index (χ1) is 10.0. The molecule has 0 bridgehead atoms. The summed E-state index contributed by atoms with van der Waals surface area (Å²) < 4.78 is 0. The van der Waals surface area contributed by atoms with E-state index >= 15 is 0 Å². The van der Waals surface area contributed by atoms with Crippen molar-refractivity contribution in [2.24, 2.45) is 5.41 Å². The lowest BCUT2D eigenvalue weighted by atomic mass is 9.73. The molecule has 0 radical (unpaired) electrons. The second-order valence-electron chi connectivity index (χ2n) is 6.64. The minimum atomic E-state index is -0.430. The molecule has 1 aromatic carbocycles. The Morgan fingerprint density at radius 1 is 1.29 bits per heavy atom. The highest BCUT2D eigenvalue weighted by Gasteiger charge is 2.41. The van der Waals surface area contributed by atoms with E-state index in [9.17, 15) is 10.2 Å². The molecule has 2 atom stereocenters. The van der Waals surface area contributed by atoms with Gasteiger partial charge in [-0.25, -0.2) is 0 Å². The zero-order valence-electron chi connectivity index (χ0n) is 13.6. The van der Waals surface area contributed by atoms with Crippen LogP contribution in [0.2, 0.25) is 0 Å². The summed E-state index contributed by atoms with van der Waals surface area (Å²) in [5.74, 6) is 0. The Balaban J connectivity index is 2.06. The predicted octanol–water partition coefficient (Wildman–Crippen LogP) is 2.65. The van der Waals surface area contributed by atoms with Crippen molar-refractivity contribution in [3.63, 3.8) is 0 Å². The van der Waals surface area contributed by atoms with E-state index in [1.807, 2.05) is 0 Å². The number of β-amino-alcohol motifs (C(OH)–C–C–N with tert-alkyl or cyclic N) is 1. The number of benzene rings is 1. The highest BCUT2D eigenvalue weighted by atomic mass is 16.3.